The van der Waals surface area contributed by atoms with E-state index in [2.05, 4.69) is 12.2 Å². The van der Waals surface area contributed by atoms with E-state index >= 15 is 0 Å². The summed E-state index contributed by atoms with van der Waals surface area (Å²) in [4.78, 5) is 13.5. The number of nitrogens with one attached hydrogen (secondary N) is 1. The number of aliphatic hydroxyl groups excluding tert-OH is 1. The van der Waals surface area contributed by atoms with E-state index in [1.807, 2.05) is 7.05 Å². The summed E-state index contributed by atoms with van der Waals surface area (Å²) in [6, 6.07) is -0.00871. The van der Waals surface area contributed by atoms with Crippen LogP contribution in [0.3, 0.4) is 0 Å². The van der Waals surface area contributed by atoms with Crippen LogP contribution in [0.25, 0.3) is 0 Å². The molecular formula is C14H28N2O2. The third-order valence-corrected chi connectivity index (χ3v) is 3.78. The molecule has 2 amide bonds. The van der Waals surface area contributed by atoms with Gasteiger partial charge in [-0.2, -0.15) is 0 Å². The minimum Gasteiger partial charge on any atom is -0.393 e. The zero-order valence-electron chi connectivity index (χ0n) is 11.8. The summed E-state index contributed by atoms with van der Waals surface area (Å²) in [5.74, 6) is 0.265. The number of rotatable bonds is 7. The Morgan fingerprint density at radius 2 is 2.11 bits per heavy atom. The van der Waals surface area contributed by atoms with Crippen LogP contribution in [0.2, 0.25) is 0 Å². The van der Waals surface area contributed by atoms with Crippen molar-refractivity contribution in [2.24, 2.45) is 5.92 Å². The highest BCUT2D eigenvalue weighted by Gasteiger charge is 2.27. The normalized spacial score (nSPS) is 23.1. The van der Waals surface area contributed by atoms with Crippen LogP contribution in [0.5, 0.6) is 0 Å². The maximum absolute atomic E-state index is 11.8. The molecule has 0 saturated heterocycles. The molecule has 2 N–H and O–H groups in total. The second-order valence-corrected chi connectivity index (χ2v) is 5.43. The van der Waals surface area contributed by atoms with Gasteiger partial charge in [-0.1, -0.05) is 32.6 Å². The highest BCUT2D eigenvalue weighted by Crippen LogP contribution is 2.25. The number of nitrogens with zero attached hydrogens (tertiary/aromatic N) is 1. The quantitative estimate of drug-likeness (QED) is 0.687. The van der Waals surface area contributed by atoms with Crippen LogP contribution in [-0.4, -0.2) is 42.3 Å². The van der Waals surface area contributed by atoms with Crippen LogP contribution in [0.15, 0.2) is 0 Å². The van der Waals surface area contributed by atoms with Crippen molar-refractivity contribution in [2.75, 3.05) is 20.1 Å². The van der Waals surface area contributed by atoms with E-state index in [-0.39, 0.29) is 18.1 Å². The average Bonchev–Trinajstić information content (AvgIpc) is 2.74. The Labute approximate surface area is 111 Å². The van der Waals surface area contributed by atoms with Gasteiger partial charge in [0.2, 0.25) is 0 Å². The van der Waals surface area contributed by atoms with E-state index in [0.29, 0.717) is 6.54 Å². The van der Waals surface area contributed by atoms with Crippen molar-refractivity contribution in [3.8, 4) is 0 Å². The summed E-state index contributed by atoms with van der Waals surface area (Å²) < 4.78 is 0. The molecule has 4 heteroatoms. The first-order valence-corrected chi connectivity index (χ1v) is 7.32. The number of carbonyl (C=O) groups is 1. The van der Waals surface area contributed by atoms with Gasteiger partial charge >= 0.3 is 6.03 Å². The molecule has 106 valence electrons. The smallest absolute Gasteiger partial charge is 0.317 e. The van der Waals surface area contributed by atoms with E-state index in [0.717, 1.165) is 32.2 Å². The summed E-state index contributed by atoms with van der Waals surface area (Å²) in [5, 5.41) is 12.7. The number of hydrogen-bond acceptors (Lipinski definition) is 2. The van der Waals surface area contributed by atoms with Gasteiger partial charge in [-0.15, -0.1) is 0 Å². The number of amides is 2. The lowest BCUT2D eigenvalue weighted by molar-refractivity contribution is 0.114. The summed E-state index contributed by atoms with van der Waals surface area (Å²) >= 11 is 0. The van der Waals surface area contributed by atoms with Crippen molar-refractivity contribution in [3.63, 3.8) is 0 Å². The zero-order valence-corrected chi connectivity index (χ0v) is 11.8. The van der Waals surface area contributed by atoms with Crippen molar-refractivity contribution in [2.45, 2.75) is 58.0 Å². The standard InChI is InChI=1S/C14H28N2O2/c1-3-4-5-6-10-15-14(18)16(2)11-12-8-7-9-13(12)17/h12-13,17H,3-11H2,1-2H3,(H,15,18). The van der Waals surface area contributed by atoms with Gasteiger partial charge in [0, 0.05) is 26.1 Å². The lowest BCUT2D eigenvalue weighted by atomic mass is 10.1. The molecule has 0 radical (unpaired) electrons. The molecule has 1 aliphatic carbocycles. The molecule has 0 aromatic heterocycles. The third-order valence-electron chi connectivity index (χ3n) is 3.78. The van der Waals surface area contributed by atoms with E-state index < -0.39 is 0 Å². The minimum absolute atomic E-state index is 0.00871. The molecule has 2 atom stereocenters. The Balaban J connectivity index is 2.12. The van der Waals surface area contributed by atoms with Gasteiger partial charge in [-0.3, -0.25) is 0 Å². The van der Waals surface area contributed by atoms with Gasteiger partial charge in [0.1, 0.15) is 0 Å². The molecule has 1 fully saturated rings. The molecule has 0 bridgehead atoms. The lowest BCUT2D eigenvalue weighted by Gasteiger charge is -2.23. The van der Waals surface area contributed by atoms with E-state index in [9.17, 15) is 9.90 Å². The number of hydrogen-bond donors (Lipinski definition) is 2. The fourth-order valence-electron chi connectivity index (χ4n) is 2.55. The lowest BCUT2D eigenvalue weighted by Crippen LogP contribution is -2.41. The maximum atomic E-state index is 11.8. The second-order valence-electron chi connectivity index (χ2n) is 5.43. The molecule has 4 nitrogen and oxygen atoms in total. The Hall–Kier alpha value is -0.770. The van der Waals surface area contributed by atoms with E-state index in [4.69, 9.17) is 0 Å². The summed E-state index contributed by atoms with van der Waals surface area (Å²) in [6.07, 6.45) is 7.48. The topological polar surface area (TPSA) is 52.6 Å². The first kappa shape index (κ1) is 15.3. The molecule has 0 heterocycles. The molecular weight excluding hydrogens is 228 g/mol. The van der Waals surface area contributed by atoms with Gasteiger partial charge in [0.25, 0.3) is 0 Å². The predicted molar refractivity (Wildman–Crippen MR) is 73.5 cm³/mol. The summed E-state index contributed by atoms with van der Waals surface area (Å²) in [7, 11) is 1.81. The van der Waals surface area contributed by atoms with E-state index in [1.54, 1.807) is 4.90 Å². The Kier molecular flexibility index (Phi) is 7.09. The van der Waals surface area contributed by atoms with Crippen molar-refractivity contribution < 1.29 is 9.90 Å². The van der Waals surface area contributed by atoms with Gasteiger partial charge < -0.3 is 15.3 Å². The van der Waals surface area contributed by atoms with Crippen molar-refractivity contribution in [1.82, 2.24) is 10.2 Å². The summed E-state index contributed by atoms with van der Waals surface area (Å²) in [6.45, 7) is 3.61. The molecule has 0 aromatic rings. The van der Waals surface area contributed by atoms with Gasteiger partial charge in [0.05, 0.1) is 6.10 Å². The fraction of sp³-hybridized carbons (Fsp3) is 0.929. The zero-order chi connectivity index (χ0) is 13.4. The fourth-order valence-corrected chi connectivity index (χ4v) is 2.55. The number of carbonyl (C=O) groups excluding carboxylic acids is 1. The number of urea groups is 1. The Morgan fingerprint density at radius 3 is 2.72 bits per heavy atom. The van der Waals surface area contributed by atoms with Crippen LogP contribution in [0, 0.1) is 5.92 Å². The van der Waals surface area contributed by atoms with Crippen LogP contribution in [0.4, 0.5) is 4.79 Å². The second kappa shape index (κ2) is 8.35. The van der Waals surface area contributed by atoms with E-state index in [1.165, 1.54) is 19.3 Å². The van der Waals surface area contributed by atoms with Crippen molar-refractivity contribution in [3.05, 3.63) is 0 Å². The largest absolute Gasteiger partial charge is 0.393 e. The Bertz CT molecular complexity index is 246. The van der Waals surface area contributed by atoms with Gasteiger partial charge in [0.15, 0.2) is 0 Å². The molecule has 1 aliphatic rings. The predicted octanol–water partition coefficient (Wildman–Crippen LogP) is 2.37. The molecule has 2 unspecified atom stereocenters. The van der Waals surface area contributed by atoms with Crippen LogP contribution >= 0.6 is 0 Å². The first-order chi connectivity index (χ1) is 8.65. The Morgan fingerprint density at radius 1 is 1.33 bits per heavy atom. The third kappa shape index (κ3) is 5.25. The van der Waals surface area contributed by atoms with Crippen LogP contribution in [-0.2, 0) is 0 Å². The molecule has 0 spiro atoms. The first-order valence-electron chi connectivity index (χ1n) is 7.32. The van der Waals surface area contributed by atoms with Gasteiger partial charge in [-0.05, 0) is 19.3 Å². The SMILES string of the molecule is CCCCCCNC(=O)N(C)CC1CCCC1O. The van der Waals surface area contributed by atoms with Crippen LogP contribution < -0.4 is 5.32 Å². The highest BCUT2D eigenvalue weighted by atomic mass is 16.3. The minimum atomic E-state index is -0.218. The molecule has 1 saturated carbocycles. The van der Waals surface area contributed by atoms with Crippen molar-refractivity contribution in [1.29, 1.82) is 0 Å². The summed E-state index contributed by atoms with van der Waals surface area (Å²) in [5.41, 5.74) is 0. The van der Waals surface area contributed by atoms with Gasteiger partial charge in [-0.25, -0.2) is 4.79 Å². The molecule has 0 aliphatic heterocycles. The maximum Gasteiger partial charge on any atom is 0.317 e. The molecule has 0 aromatic carbocycles. The molecule has 1 rings (SSSR count). The monoisotopic (exact) mass is 256 g/mol. The average molecular weight is 256 g/mol. The number of unbranched alkanes of at least 4 members (excludes halogenated alkanes) is 3. The van der Waals surface area contributed by atoms with Crippen molar-refractivity contribution >= 4 is 6.03 Å². The number of aliphatic hydroxyl groups is 1. The van der Waals surface area contributed by atoms with Crippen LogP contribution in [0.1, 0.15) is 51.9 Å². The highest BCUT2D eigenvalue weighted by molar-refractivity contribution is 5.73. The molecule has 18 heavy (non-hydrogen) atoms.